The lowest BCUT2D eigenvalue weighted by molar-refractivity contribution is 0.306. The fourth-order valence-corrected chi connectivity index (χ4v) is 1.24. The van der Waals surface area contributed by atoms with Gasteiger partial charge in [-0.2, -0.15) is 4.98 Å². The smallest absolute Gasteiger partial charge is 0.222 e. The fourth-order valence-electron chi connectivity index (χ4n) is 1.24. The maximum Gasteiger partial charge on any atom is 0.222 e. The molecule has 0 radical (unpaired) electrons. The number of ether oxygens (including phenoxy) is 1. The van der Waals surface area contributed by atoms with Gasteiger partial charge in [-0.05, 0) is 5.56 Å². The van der Waals surface area contributed by atoms with E-state index in [0.717, 1.165) is 5.56 Å². The summed E-state index contributed by atoms with van der Waals surface area (Å²) in [5.74, 6) is 0.839. The minimum atomic E-state index is 0.143. The van der Waals surface area contributed by atoms with Gasteiger partial charge in [-0.25, -0.2) is 4.98 Å². The summed E-state index contributed by atoms with van der Waals surface area (Å²) in [6, 6.07) is 9.77. The average molecular weight is 216 g/mol. The molecule has 0 aliphatic carbocycles. The second-order valence-electron chi connectivity index (χ2n) is 3.25. The summed E-state index contributed by atoms with van der Waals surface area (Å²) in [6.45, 7) is 0.429. The van der Waals surface area contributed by atoms with Crippen molar-refractivity contribution in [1.82, 2.24) is 9.97 Å². The Morgan fingerprint density at radius 3 is 2.56 bits per heavy atom. The lowest BCUT2D eigenvalue weighted by atomic mass is 10.2. The Hall–Kier alpha value is -2.30. The molecule has 1 aromatic heterocycles. The molecule has 0 bridgehead atoms. The van der Waals surface area contributed by atoms with Crippen LogP contribution < -0.4 is 16.2 Å². The molecule has 16 heavy (non-hydrogen) atoms. The van der Waals surface area contributed by atoms with Crippen LogP contribution in [-0.4, -0.2) is 9.97 Å². The molecule has 0 unspecified atom stereocenters. The highest BCUT2D eigenvalue weighted by atomic mass is 16.5. The van der Waals surface area contributed by atoms with Crippen molar-refractivity contribution in [2.75, 3.05) is 11.5 Å². The maximum absolute atomic E-state index is 5.63. The van der Waals surface area contributed by atoms with Crippen LogP contribution in [0.5, 0.6) is 5.75 Å². The van der Waals surface area contributed by atoms with E-state index >= 15 is 0 Å². The first-order valence-electron chi connectivity index (χ1n) is 4.80. The van der Waals surface area contributed by atoms with E-state index in [1.165, 1.54) is 6.20 Å². The number of hydrogen-bond donors (Lipinski definition) is 2. The van der Waals surface area contributed by atoms with Crippen molar-refractivity contribution in [3.05, 3.63) is 42.1 Å². The molecule has 0 aliphatic rings. The Labute approximate surface area is 93.1 Å². The zero-order chi connectivity index (χ0) is 11.4. The van der Waals surface area contributed by atoms with E-state index in [0.29, 0.717) is 12.4 Å². The predicted octanol–water partition coefficient (Wildman–Crippen LogP) is 1.22. The van der Waals surface area contributed by atoms with Crippen molar-refractivity contribution < 1.29 is 4.74 Å². The van der Waals surface area contributed by atoms with Gasteiger partial charge >= 0.3 is 0 Å². The Kier molecular flexibility index (Phi) is 2.86. The Balaban J connectivity index is 2.05. The molecule has 0 saturated heterocycles. The molecular formula is C11H12N4O. The van der Waals surface area contributed by atoms with Crippen molar-refractivity contribution in [3.63, 3.8) is 0 Å². The number of nitrogens with zero attached hydrogens (tertiary/aromatic N) is 2. The van der Waals surface area contributed by atoms with Crippen LogP contribution in [0.1, 0.15) is 5.56 Å². The quantitative estimate of drug-likeness (QED) is 0.805. The van der Waals surface area contributed by atoms with E-state index in [9.17, 15) is 0 Å². The SMILES string of the molecule is Nc1ncc(OCc2ccccc2)c(N)n1. The first kappa shape index (κ1) is 10.2. The third-order valence-corrected chi connectivity index (χ3v) is 2.04. The van der Waals surface area contributed by atoms with Crippen molar-refractivity contribution in [1.29, 1.82) is 0 Å². The first-order chi connectivity index (χ1) is 7.75. The molecule has 0 fully saturated rings. The molecule has 4 N–H and O–H groups in total. The Morgan fingerprint density at radius 2 is 1.88 bits per heavy atom. The predicted molar refractivity (Wildman–Crippen MR) is 61.6 cm³/mol. The number of nitrogens with two attached hydrogens (primary N) is 2. The summed E-state index contributed by atoms with van der Waals surface area (Å²) >= 11 is 0. The van der Waals surface area contributed by atoms with Gasteiger partial charge in [-0.15, -0.1) is 0 Å². The van der Waals surface area contributed by atoms with Crippen LogP contribution >= 0.6 is 0 Å². The zero-order valence-corrected chi connectivity index (χ0v) is 8.63. The standard InChI is InChI=1S/C11H12N4O/c12-10-9(6-14-11(13)15-10)16-7-8-4-2-1-3-5-8/h1-6H,7H2,(H4,12,13,14,15). The van der Waals surface area contributed by atoms with Crippen LogP contribution in [-0.2, 0) is 6.61 Å². The molecule has 5 nitrogen and oxygen atoms in total. The van der Waals surface area contributed by atoms with Gasteiger partial charge in [-0.3, -0.25) is 0 Å². The van der Waals surface area contributed by atoms with Crippen LogP contribution in [0.4, 0.5) is 11.8 Å². The molecule has 2 aromatic rings. The molecule has 82 valence electrons. The van der Waals surface area contributed by atoms with Gasteiger partial charge in [0.2, 0.25) is 5.95 Å². The summed E-state index contributed by atoms with van der Waals surface area (Å²) in [4.78, 5) is 7.62. The zero-order valence-electron chi connectivity index (χ0n) is 8.63. The van der Waals surface area contributed by atoms with Crippen LogP contribution in [0.3, 0.4) is 0 Å². The molecule has 0 atom stereocenters. The van der Waals surface area contributed by atoms with Gasteiger partial charge in [0.25, 0.3) is 0 Å². The van der Waals surface area contributed by atoms with E-state index in [-0.39, 0.29) is 11.8 Å². The molecule has 0 aliphatic heterocycles. The van der Waals surface area contributed by atoms with Crippen LogP contribution in [0.25, 0.3) is 0 Å². The first-order valence-corrected chi connectivity index (χ1v) is 4.80. The Morgan fingerprint density at radius 1 is 1.12 bits per heavy atom. The monoisotopic (exact) mass is 216 g/mol. The molecular weight excluding hydrogens is 204 g/mol. The van der Waals surface area contributed by atoms with Crippen LogP contribution in [0.2, 0.25) is 0 Å². The highest BCUT2D eigenvalue weighted by molar-refractivity contribution is 5.46. The third-order valence-electron chi connectivity index (χ3n) is 2.04. The van der Waals surface area contributed by atoms with E-state index in [1.54, 1.807) is 0 Å². The maximum atomic E-state index is 5.63. The summed E-state index contributed by atoms with van der Waals surface area (Å²) in [5.41, 5.74) is 12.1. The molecule has 0 spiro atoms. The Bertz CT molecular complexity index is 473. The highest BCUT2D eigenvalue weighted by Crippen LogP contribution is 2.18. The number of hydrogen-bond acceptors (Lipinski definition) is 5. The lowest BCUT2D eigenvalue weighted by Crippen LogP contribution is -2.03. The summed E-state index contributed by atoms with van der Waals surface area (Å²) < 4.78 is 5.47. The summed E-state index contributed by atoms with van der Waals surface area (Å²) in [5, 5.41) is 0. The van der Waals surface area contributed by atoms with Crippen molar-refractivity contribution >= 4 is 11.8 Å². The normalized spacial score (nSPS) is 10.0. The number of anilines is 2. The van der Waals surface area contributed by atoms with Gasteiger partial charge in [0.05, 0.1) is 6.20 Å². The van der Waals surface area contributed by atoms with Gasteiger partial charge in [0.1, 0.15) is 6.61 Å². The van der Waals surface area contributed by atoms with E-state index < -0.39 is 0 Å². The number of nitrogen functional groups attached to an aromatic ring is 2. The molecule has 2 rings (SSSR count). The van der Waals surface area contributed by atoms with Gasteiger partial charge in [0, 0.05) is 0 Å². The van der Waals surface area contributed by atoms with Crippen molar-refractivity contribution in [3.8, 4) is 5.75 Å². The summed E-state index contributed by atoms with van der Waals surface area (Å²) in [6.07, 6.45) is 1.47. The second kappa shape index (κ2) is 4.48. The van der Waals surface area contributed by atoms with Crippen molar-refractivity contribution in [2.45, 2.75) is 6.61 Å². The number of rotatable bonds is 3. The molecule has 0 saturated carbocycles. The van der Waals surface area contributed by atoms with E-state index in [2.05, 4.69) is 9.97 Å². The second-order valence-corrected chi connectivity index (χ2v) is 3.25. The van der Waals surface area contributed by atoms with Gasteiger partial charge in [-0.1, -0.05) is 30.3 Å². The number of benzene rings is 1. The molecule has 1 heterocycles. The summed E-state index contributed by atoms with van der Waals surface area (Å²) in [7, 11) is 0. The molecule has 5 heteroatoms. The fraction of sp³-hybridized carbons (Fsp3) is 0.0909. The average Bonchev–Trinajstić information content (AvgIpc) is 2.29. The van der Waals surface area contributed by atoms with E-state index in [4.69, 9.17) is 16.2 Å². The van der Waals surface area contributed by atoms with Gasteiger partial charge < -0.3 is 16.2 Å². The number of aromatic nitrogens is 2. The topological polar surface area (TPSA) is 87.0 Å². The molecule has 1 aromatic carbocycles. The van der Waals surface area contributed by atoms with E-state index in [1.807, 2.05) is 30.3 Å². The minimum Gasteiger partial charge on any atom is -0.483 e. The van der Waals surface area contributed by atoms with Crippen LogP contribution in [0, 0.1) is 0 Å². The van der Waals surface area contributed by atoms with Gasteiger partial charge in [0.15, 0.2) is 11.6 Å². The lowest BCUT2D eigenvalue weighted by Gasteiger charge is -2.07. The molecule has 0 amide bonds. The highest BCUT2D eigenvalue weighted by Gasteiger charge is 2.03. The van der Waals surface area contributed by atoms with Crippen molar-refractivity contribution in [2.24, 2.45) is 0 Å². The third kappa shape index (κ3) is 2.38. The van der Waals surface area contributed by atoms with Crippen LogP contribution in [0.15, 0.2) is 36.5 Å². The largest absolute Gasteiger partial charge is 0.483 e. The minimum absolute atomic E-state index is 0.143.